The highest BCUT2D eigenvalue weighted by Gasteiger charge is 2.36. The van der Waals surface area contributed by atoms with Crippen LogP contribution in [0.15, 0.2) is 48.5 Å². The molecule has 9 heteroatoms. The maximum Gasteiger partial charge on any atom is 0.339 e. The number of rotatable bonds is 5. The van der Waals surface area contributed by atoms with Gasteiger partial charge in [-0.1, -0.05) is 35.9 Å². The van der Waals surface area contributed by atoms with E-state index < -0.39 is 11.8 Å². The van der Waals surface area contributed by atoms with Gasteiger partial charge in [0.05, 0.1) is 35.9 Å². The van der Waals surface area contributed by atoms with E-state index in [2.05, 4.69) is 10.2 Å². The van der Waals surface area contributed by atoms with E-state index in [9.17, 15) is 14.0 Å². The van der Waals surface area contributed by atoms with Gasteiger partial charge < -0.3 is 19.7 Å². The van der Waals surface area contributed by atoms with Crippen LogP contribution >= 0.6 is 11.6 Å². The van der Waals surface area contributed by atoms with Crippen molar-refractivity contribution >= 4 is 23.6 Å². The fourth-order valence-corrected chi connectivity index (χ4v) is 3.93. The van der Waals surface area contributed by atoms with Crippen molar-refractivity contribution in [2.75, 3.05) is 39.6 Å². The normalized spacial score (nSPS) is 19.5. The molecule has 1 unspecified atom stereocenters. The number of nitrogens with zero attached hydrogens (tertiary/aromatic N) is 2. The first-order chi connectivity index (χ1) is 15.0. The molecule has 2 saturated heterocycles. The number of halogens is 2. The van der Waals surface area contributed by atoms with Gasteiger partial charge in [-0.05, 0) is 29.8 Å². The molecule has 4 rings (SSSR count). The lowest BCUT2D eigenvalue weighted by molar-refractivity contribution is -0.0822. The number of esters is 1. The summed E-state index contributed by atoms with van der Waals surface area (Å²) < 4.78 is 24.1. The second-order valence-electron chi connectivity index (χ2n) is 7.49. The third-order valence-corrected chi connectivity index (χ3v) is 5.86. The van der Waals surface area contributed by atoms with Gasteiger partial charge in [0.2, 0.25) is 0 Å². The van der Waals surface area contributed by atoms with Crippen LogP contribution in [0.1, 0.15) is 22.0 Å². The van der Waals surface area contributed by atoms with Crippen LogP contribution in [-0.4, -0.2) is 67.4 Å². The molecule has 2 aromatic rings. The van der Waals surface area contributed by atoms with Crippen molar-refractivity contribution in [3.63, 3.8) is 0 Å². The first-order valence-electron chi connectivity index (χ1n) is 10.1. The van der Waals surface area contributed by atoms with Crippen LogP contribution < -0.4 is 5.32 Å². The third kappa shape index (κ3) is 4.98. The summed E-state index contributed by atoms with van der Waals surface area (Å²) in [6, 6.07) is 12.7. The molecular weight excluding hydrogens is 425 g/mol. The fraction of sp³-hybridized carbons (Fsp3) is 0.364. The number of ether oxygens (including phenoxy) is 2. The van der Waals surface area contributed by atoms with Crippen LogP contribution in [0.2, 0.25) is 5.02 Å². The molecule has 2 aromatic carbocycles. The highest BCUT2D eigenvalue weighted by Crippen LogP contribution is 2.30. The molecule has 2 aliphatic heterocycles. The van der Waals surface area contributed by atoms with Crippen molar-refractivity contribution in [2.24, 2.45) is 0 Å². The molecule has 1 N–H and O–H groups in total. The summed E-state index contributed by atoms with van der Waals surface area (Å²) in [6.07, 6.45) is 0. The molecule has 0 bridgehead atoms. The second kappa shape index (κ2) is 9.64. The lowest BCUT2D eigenvalue weighted by Gasteiger charge is -2.46. The summed E-state index contributed by atoms with van der Waals surface area (Å²) >= 11 is 5.99. The lowest BCUT2D eigenvalue weighted by Crippen LogP contribution is -2.59. The van der Waals surface area contributed by atoms with Crippen LogP contribution in [0.3, 0.4) is 0 Å². The number of carbonyl (C=O) groups excluding carboxylic acids is 2. The molecule has 0 aromatic heterocycles. The highest BCUT2D eigenvalue weighted by atomic mass is 35.5. The Morgan fingerprint density at radius 1 is 1.16 bits per heavy atom. The predicted octanol–water partition coefficient (Wildman–Crippen LogP) is 3.06. The minimum absolute atomic E-state index is 0.0127. The number of hydrogen-bond donors (Lipinski definition) is 1. The lowest BCUT2D eigenvalue weighted by atomic mass is 10.0. The van der Waals surface area contributed by atoms with E-state index in [0.29, 0.717) is 44.5 Å². The van der Waals surface area contributed by atoms with Crippen molar-refractivity contribution in [1.82, 2.24) is 15.1 Å². The maximum atomic E-state index is 13.7. The number of piperazine rings is 1. The molecular formula is C22H23ClFN3O4. The Balaban J connectivity index is 1.42. The summed E-state index contributed by atoms with van der Waals surface area (Å²) in [7, 11) is 0. The van der Waals surface area contributed by atoms with Crippen LogP contribution in [0, 0.1) is 5.82 Å². The topological polar surface area (TPSA) is 71.1 Å². The van der Waals surface area contributed by atoms with E-state index in [0.717, 1.165) is 5.56 Å². The van der Waals surface area contributed by atoms with Gasteiger partial charge in [0.1, 0.15) is 5.82 Å². The van der Waals surface area contributed by atoms with Gasteiger partial charge in [-0.25, -0.2) is 14.0 Å². The maximum absolute atomic E-state index is 13.7. The summed E-state index contributed by atoms with van der Waals surface area (Å²) in [5.74, 6) is -1.02. The molecule has 0 saturated carbocycles. The minimum Gasteiger partial charge on any atom is -0.441 e. The molecule has 164 valence electrons. The Hall–Kier alpha value is -2.68. The van der Waals surface area contributed by atoms with E-state index in [1.54, 1.807) is 47.4 Å². The van der Waals surface area contributed by atoms with Crippen molar-refractivity contribution in [3.8, 4) is 0 Å². The van der Waals surface area contributed by atoms with Gasteiger partial charge in [0.25, 0.3) is 0 Å². The van der Waals surface area contributed by atoms with E-state index in [1.807, 2.05) is 0 Å². The first kappa shape index (κ1) is 21.5. The summed E-state index contributed by atoms with van der Waals surface area (Å²) in [5.41, 5.74) is 1.15. The number of benzene rings is 2. The Labute approximate surface area is 184 Å². The van der Waals surface area contributed by atoms with E-state index in [1.165, 1.54) is 6.07 Å². The quantitative estimate of drug-likeness (QED) is 0.563. The van der Waals surface area contributed by atoms with Gasteiger partial charge in [0, 0.05) is 19.6 Å². The van der Waals surface area contributed by atoms with Crippen molar-refractivity contribution in [3.05, 3.63) is 70.5 Å². The zero-order valence-corrected chi connectivity index (χ0v) is 17.6. The van der Waals surface area contributed by atoms with Gasteiger partial charge in [-0.3, -0.25) is 4.90 Å². The van der Waals surface area contributed by atoms with Crippen molar-refractivity contribution in [1.29, 1.82) is 0 Å². The Morgan fingerprint density at radius 2 is 1.94 bits per heavy atom. The smallest absolute Gasteiger partial charge is 0.339 e. The van der Waals surface area contributed by atoms with Gasteiger partial charge >= 0.3 is 12.0 Å². The van der Waals surface area contributed by atoms with Gasteiger partial charge in [-0.15, -0.1) is 0 Å². The van der Waals surface area contributed by atoms with E-state index >= 15 is 0 Å². The Kier molecular flexibility index (Phi) is 6.70. The summed E-state index contributed by atoms with van der Waals surface area (Å²) in [4.78, 5) is 28.9. The van der Waals surface area contributed by atoms with E-state index in [4.69, 9.17) is 21.1 Å². The number of nitrogens with one attached hydrogen (secondary N) is 1. The van der Waals surface area contributed by atoms with Gasteiger partial charge in [-0.2, -0.15) is 0 Å². The summed E-state index contributed by atoms with van der Waals surface area (Å²) in [6.45, 7) is 2.82. The monoisotopic (exact) mass is 447 g/mol. The SMILES string of the molecule is O=C(OCNC(=O)N1CCN(C2COC2)CC1c1ccc(F)c(Cl)c1)c1ccccc1. The number of hydrogen-bond acceptors (Lipinski definition) is 5. The number of carbonyl (C=O) groups is 2. The standard InChI is InChI=1S/C22H23ClFN3O4/c23-18-10-16(6-7-19(18)24)20-11-26(17-12-30-13-17)8-9-27(20)22(29)25-14-31-21(28)15-4-2-1-3-5-15/h1-7,10,17,20H,8-9,11-14H2,(H,25,29). The molecule has 0 radical (unpaired) electrons. The highest BCUT2D eigenvalue weighted by molar-refractivity contribution is 6.30. The minimum atomic E-state index is -0.516. The molecule has 2 fully saturated rings. The average Bonchev–Trinajstić information content (AvgIpc) is 2.75. The molecule has 31 heavy (non-hydrogen) atoms. The average molecular weight is 448 g/mol. The molecule has 1 atom stereocenters. The summed E-state index contributed by atoms with van der Waals surface area (Å²) in [5, 5.41) is 2.66. The van der Waals surface area contributed by atoms with Crippen LogP contribution in [0.25, 0.3) is 0 Å². The van der Waals surface area contributed by atoms with Crippen LogP contribution in [0.4, 0.5) is 9.18 Å². The second-order valence-corrected chi connectivity index (χ2v) is 7.90. The molecule has 0 spiro atoms. The van der Waals surface area contributed by atoms with Crippen molar-refractivity contribution < 1.29 is 23.5 Å². The zero-order chi connectivity index (χ0) is 21.8. The zero-order valence-electron chi connectivity index (χ0n) is 16.8. The Morgan fingerprint density at radius 3 is 2.61 bits per heavy atom. The molecule has 2 aliphatic rings. The fourth-order valence-electron chi connectivity index (χ4n) is 3.74. The Bertz CT molecular complexity index is 942. The largest absolute Gasteiger partial charge is 0.441 e. The van der Waals surface area contributed by atoms with Crippen LogP contribution in [0.5, 0.6) is 0 Å². The number of amides is 2. The molecule has 2 amide bonds. The number of urea groups is 1. The first-order valence-corrected chi connectivity index (χ1v) is 10.4. The molecule has 2 heterocycles. The van der Waals surface area contributed by atoms with Crippen molar-refractivity contribution in [2.45, 2.75) is 12.1 Å². The van der Waals surface area contributed by atoms with Gasteiger partial charge in [0.15, 0.2) is 6.73 Å². The molecule has 0 aliphatic carbocycles. The van der Waals surface area contributed by atoms with Crippen LogP contribution in [-0.2, 0) is 9.47 Å². The molecule has 7 nitrogen and oxygen atoms in total. The third-order valence-electron chi connectivity index (χ3n) is 5.57. The predicted molar refractivity (Wildman–Crippen MR) is 112 cm³/mol. The van der Waals surface area contributed by atoms with E-state index in [-0.39, 0.29) is 23.8 Å².